The molecule has 4 N–H and O–H groups in total. The fraction of sp³-hybridized carbons (Fsp3) is 0.176. The lowest BCUT2D eigenvalue weighted by Gasteiger charge is -2.08. The van der Waals surface area contributed by atoms with Crippen molar-refractivity contribution in [2.24, 2.45) is 0 Å². The first-order chi connectivity index (χ1) is 18.7. The van der Waals surface area contributed by atoms with E-state index in [1.807, 2.05) is 12.1 Å². The molecule has 0 spiro atoms. The summed E-state index contributed by atoms with van der Waals surface area (Å²) in [6, 6.07) is 38.2. The lowest BCUT2D eigenvalue weighted by atomic mass is 10.0. The Balaban J connectivity index is 1.08. The Labute approximate surface area is 225 Å². The van der Waals surface area contributed by atoms with Crippen LogP contribution < -0.4 is 20.6 Å². The third-order valence-corrected chi connectivity index (χ3v) is 7.10. The third kappa shape index (κ3) is 6.46. The zero-order valence-electron chi connectivity index (χ0n) is 21.8. The number of aryl methyl sites for hydroxylation is 4. The molecule has 4 nitrogen and oxygen atoms in total. The second-order valence-corrected chi connectivity index (χ2v) is 9.82. The van der Waals surface area contributed by atoms with Gasteiger partial charge in [0.1, 0.15) is 0 Å². The summed E-state index contributed by atoms with van der Waals surface area (Å²) in [6.45, 7) is 1.81. The Morgan fingerprint density at radius 2 is 0.842 bits per heavy atom. The summed E-state index contributed by atoms with van der Waals surface area (Å²) in [5, 5.41) is 0. The van der Waals surface area contributed by atoms with Crippen molar-refractivity contribution in [3.05, 3.63) is 133 Å². The summed E-state index contributed by atoms with van der Waals surface area (Å²) < 4.78 is 4.27. The number of rotatable bonds is 10. The zero-order valence-corrected chi connectivity index (χ0v) is 21.8. The van der Waals surface area contributed by atoms with Gasteiger partial charge in [-0.15, -0.1) is 0 Å². The van der Waals surface area contributed by atoms with Crippen molar-refractivity contribution in [1.29, 1.82) is 0 Å². The summed E-state index contributed by atoms with van der Waals surface area (Å²) >= 11 is 0. The highest BCUT2D eigenvalue weighted by molar-refractivity contribution is 5.65. The summed E-state index contributed by atoms with van der Waals surface area (Å²) in [7, 11) is 0. The largest absolute Gasteiger partial charge is 0.287 e. The van der Waals surface area contributed by atoms with Crippen LogP contribution in [0, 0.1) is 0 Å². The minimum Gasteiger partial charge on any atom is -0.287 e. The molecule has 3 aromatic carbocycles. The van der Waals surface area contributed by atoms with Crippen molar-refractivity contribution in [3.63, 3.8) is 0 Å². The van der Waals surface area contributed by atoms with Crippen molar-refractivity contribution >= 4 is 11.6 Å². The quantitative estimate of drug-likeness (QED) is 0.230. The molecule has 0 atom stereocenters. The van der Waals surface area contributed by atoms with Gasteiger partial charge >= 0.3 is 0 Å². The SMILES string of the molecule is Nc1cc(-c2ccccc2)cc[n+]1CCCc1ccc(CCC[n+]2ccc(-c3ccccc3)cc2N)cc1. The number of hydrogen-bond donors (Lipinski definition) is 2. The van der Waals surface area contributed by atoms with Gasteiger partial charge in [0.05, 0.1) is 25.5 Å². The van der Waals surface area contributed by atoms with E-state index in [4.69, 9.17) is 11.5 Å². The van der Waals surface area contributed by atoms with Crippen molar-refractivity contribution in [2.45, 2.75) is 38.8 Å². The van der Waals surface area contributed by atoms with Gasteiger partial charge in [0, 0.05) is 12.1 Å². The molecule has 0 saturated heterocycles. The maximum absolute atomic E-state index is 6.34. The Bertz CT molecular complexity index is 1350. The van der Waals surface area contributed by atoms with Gasteiger partial charge in [-0.3, -0.25) is 11.5 Å². The fourth-order valence-corrected chi connectivity index (χ4v) is 4.90. The van der Waals surface area contributed by atoms with Gasteiger partial charge in [0.15, 0.2) is 0 Å². The van der Waals surface area contributed by atoms with E-state index in [-0.39, 0.29) is 0 Å². The van der Waals surface area contributed by atoms with Crippen LogP contribution in [-0.4, -0.2) is 0 Å². The highest BCUT2D eigenvalue weighted by atomic mass is 15.0. The van der Waals surface area contributed by atoms with E-state index in [9.17, 15) is 0 Å². The summed E-state index contributed by atoms with van der Waals surface area (Å²) in [4.78, 5) is 0. The molecule has 5 rings (SSSR count). The number of benzene rings is 3. The smallest absolute Gasteiger partial charge is 0.272 e. The van der Waals surface area contributed by atoms with Gasteiger partial charge in [-0.2, -0.15) is 0 Å². The predicted molar refractivity (Wildman–Crippen MR) is 156 cm³/mol. The number of pyridine rings is 2. The van der Waals surface area contributed by atoms with Gasteiger partial charge in [0.2, 0.25) is 0 Å². The van der Waals surface area contributed by atoms with Crippen LogP contribution in [0.4, 0.5) is 11.6 Å². The molecule has 4 heteroatoms. The zero-order chi connectivity index (χ0) is 26.2. The number of hydrogen-bond acceptors (Lipinski definition) is 2. The summed E-state index contributed by atoms with van der Waals surface area (Å²) in [5.74, 6) is 1.60. The van der Waals surface area contributed by atoms with E-state index < -0.39 is 0 Å². The highest BCUT2D eigenvalue weighted by Crippen LogP contribution is 2.20. The first-order valence-electron chi connectivity index (χ1n) is 13.4. The van der Waals surface area contributed by atoms with Crippen LogP contribution in [0.15, 0.2) is 122 Å². The average Bonchev–Trinajstić information content (AvgIpc) is 2.96. The molecule has 0 aliphatic carbocycles. The van der Waals surface area contributed by atoms with Crippen LogP contribution in [0.2, 0.25) is 0 Å². The molecule has 5 aromatic rings. The van der Waals surface area contributed by atoms with E-state index in [0.717, 1.165) is 61.5 Å². The van der Waals surface area contributed by atoms with Gasteiger partial charge in [-0.25, -0.2) is 9.13 Å². The molecule has 2 heterocycles. The van der Waals surface area contributed by atoms with Crippen LogP contribution in [0.1, 0.15) is 24.0 Å². The molecular formula is C34H36N4+2. The standard InChI is InChI=1S/C34H34N4/c35-33-25-31(29-11-3-1-4-12-29)19-23-37(33)21-7-9-27-15-17-28(18-16-27)10-8-22-38-24-20-32(26-34(38)36)30-13-5-2-6-14-30/h1-6,11-20,23-26,35-36H,7-10,21-22H2/p+2. The molecule has 0 aliphatic rings. The van der Waals surface area contributed by atoms with Gasteiger partial charge in [0.25, 0.3) is 11.6 Å². The molecule has 0 unspecified atom stereocenters. The summed E-state index contributed by atoms with van der Waals surface area (Å²) in [6.07, 6.45) is 8.36. The number of nitrogens with two attached hydrogens (primary N) is 2. The number of nitrogens with zero attached hydrogens (tertiary/aromatic N) is 2. The third-order valence-electron chi connectivity index (χ3n) is 7.10. The van der Waals surface area contributed by atoms with Crippen molar-refractivity contribution in [1.82, 2.24) is 0 Å². The van der Waals surface area contributed by atoms with Crippen molar-refractivity contribution in [2.75, 3.05) is 11.5 Å². The molecule has 0 radical (unpaired) electrons. The Kier molecular flexibility index (Phi) is 8.10. The minimum atomic E-state index is 0.801. The van der Waals surface area contributed by atoms with Gasteiger partial charge < -0.3 is 0 Å². The average molecular weight is 501 g/mol. The highest BCUT2D eigenvalue weighted by Gasteiger charge is 2.09. The minimum absolute atomic E-state index is 0.801. The van der Waals surface area contributed by atoms with Crippen LogP contribution in [0.25, 0.3) is 22.3 Å². The Hall–Kier alpha value is -4.44. The molecule has 0 saturated carbocycles. The maximum atomic E-state index is 6.34. The molecule has 0 amide bonds. The van der Waals surface area contributed by atoms with Crippen LogP contribution in [-0.2, 0) is 25.9 Å². The van der Waals surface area contributed by atoms with E-state index >= 15 is 0 Å². The molecule has 2 aromatic heterocycles. The Morgan fingerprint density at radius 3 is 1.21 bits per heavy atom. The van der Waals surface area contributed by atoms with E-state index in [0.29, 0.717) is 0 Å². The van der Waals surface area contributed by atoms with E-state index in [2.05, 4.69) is 119 Å². The van der Waals surface area contributed by atoms with Crippen LogP contribution in [0.3, 0.4) is 0 Å². The molecule has 0 fully saturated rings. The van der Waals surface area contributed by atoms with E-state index in [1.165, 1.54) is 22.3 Å². The second-order valence-electron chi connectivity index (χ2n) is 9.82. The molecule has 38 heavy (non-hydrogen) atoms. The number of aromatic nitrogens is 2. The van der Waals surface area contributed by atoms with Gasteiger partial charge in [-0.05, 0) is 71.2 Å². The number of nitrogen functional groups attached to an aromatic ring is 2. The Morgan fingerprint density at radius 1 is 0.447 bits per heavy atom. The first kappa shape index (κ1) is 25.2. The van der Waals surface area contributed by atoms with Gasteiger partial charge in [-0.1, -0.05) is 84.9 Å². The molecule has 0 bridgehead atoms. The topological polar surface area (TPSA) is 59.8 Å². The summed E-state index contributed by atoms with van der Waals surface area (Å²) in [5.41, 5.74) is 20.1. The monoisotopic (exact) mass is 500 g/mol. The van der Waals surface area contributed by atoms with Crippen molar-refractivity contribution < 1.29 is 9.13 Å². The first-order valence-corrected chi connectivity index (χ1v) is 13.4. The maximum Gasteiger partial charge on any atom is 0.272 e. The molecule has 190 valence electrons. The lowest BCUT2D eigenvalue weighted by molar-refractivity contribution is -0.683. The van der Waals surface area contributed by atoms with Crippen molar-refractivity contribution in [3.8, 4) is 22.3 Å². The number of anilines is 2. The fourth-order valence-electron chi connectivity index (χ4n) is 4.90. The van der Waals surface area contributed by atoms with Crippen LogP contribution in [0.5, 0.6) is 0 Å². The normalized spacial score (nSPS) is 10.9. The predicted octanol–water partition coefficient (Wildman–Crippen LogP) is 6.03. The van der Waals surface area contributed by atoms with E-state index in [1.54, 1.807) is 0 Å². The van der Waals surface area contributed by atoms with Crippen LogP contribution >= 0.6 is 0 Å². The molecule has 0 aliphatic heterocycles. The second kappa shape index (κ2) is 12.2. The lowest BCUT2D eigenvalue weighted by Crippen LogP contribution is -2.37. The molecular weight excluding hydrogens is 464 g/mol.